The zero-order valence-corrected chi connectivity index (χ0v) is 8.59. The Kier molecular flexibility index (Phi) is 2.42. The fraction of sp³-hybridized carbons (Fsp3) is 0.400. The van der Waals surface area contributed by atoms with E-state index in [1.54, 1.807) is 18.6 Å². The molecule has 1 unspecified atom stereocenters. The van der Waals surface area contributed by atoms with Gasteiger partial charge in [0.1, 0.15) is 0 Å². The monoisotopic (exact) mass is 206 g/mol. The van der Waals surface area contributed by atoms with Crippen LogP contribution in [-0.2, 0) is 6.42 Å². The number of hydrogen-bond acceptors (Lipinski definition) is 4. The molecule has 0 radical (unpaired) electrons. The van der Waals surface area contributed by atoms with E-state index in [4.69, 9.17) is 10.8 Å². The first-order valence-corrected chi connectivity index (χ1v) is 4.78. The van der Waals surface area contributed by atoms with Crippen LogP contribution in [0.15, 0.2) is 24.8 Å². The lowest BCUT2D eigenvalue weighted by Crippen LogP contribution is -2.42. The summed E-state index contributed by atoms with van der Waals surface area (Å²) in [6.07, 6.45) is 7.57. The molecule has 5 heteroatoms. The molecule has 0 aromatic carbocycles. The van der Waals surface area contributed by atoms with Crippen molar-refractivity contribution in [1.29, 1.82) is 0 Å². The van der Waals surface area contributed by atoms with Gasteiger partial charge in [-0.1, -0.05) is 0 Å². The van der Waals surface area contributed by atoms with Crippen molar-refractivity contribution in [3.05, 3.63) is 30.5 Å². The summed E-state index contributed by atoms with van der Waals surface area (Å²) in [4.78, 5) is 8.18. The molecule has 1 atom stereocenters. The number of imidazole rings is 1. The highest BCUT2D eigenvalue weighted by Gasteiger charge is 2.19. The number of fused-ring (bicyclic) bond motifs is 1. The van der Waals surface area contributed by atoms with E-state index in [0.29, 0.717) is 6.42 Å². The maximum atomic E-state index is 9.10. The quantitative estimate of drug-likeness (QED) is 0.740. The van der Waals surface area contributed by atoms with E-state index < -0.39 is 5.54 Å². The van der Waals surface area contributed by atoms with Crippen LogP contribution in [0.25, 0.3) is 5.65 Å². The van der Waals surface area contributed by atoms with Gasteiger partial charge in [-0.2, -0.15) is 0 Å². The molecule has 0 bridgehead atoms. The molecule has 0 aliphatic rings. The molecule has 0 saturated heterocycles. The highest BCUT2D eigenvalue weighted by atomic mass is 16.3. The van der Waals surface area contributed by atoms with Crippen LogP contribution < -0.4 is 5.73 Å². The number of nitrogens with zero attached hydrogens (tertiary/aromatic N) is 3. The van der Waals surface area contributed by atoms with Crippen molar-refractivity contribution in [2.24, 2.45) is 5.73 Å². The molecule has 0 saturated carbocycles. The summed E-state index contributed by atoms with van der Waals surface area (Å²) < 4.78 is 1.92. The molecule has 2 rings (SSSR count). The van der Waals surface area contributed by atoms with Crippen LogP contribution in [0.4, 0.5) is 0 Å². The minimum Gasteiger partial charge on any atom is -0.394 e. The Morgan fingerprint density at radius 2 is 2.33 bits per heavy atom. The summed E-state index contributed by atoms with van der Waals surface area (Å²) in [6, 6.07) is 0. The molecular formula is C10H14N4O. The normalized spacial score (nSPS) is 15.4. The molecule has 5 nitrogen and oxygen atoms in total. The number of aliphatic hydroxyl groups is 1. The van der Waals surface area contributed by atoms with Gasteiger partial charge in [-0.25, -0.2) is 4.98 Å². The van der Waals surface area contributed by atoms with Gasteiger partial charge in [0.25, 0.3) is 0 Å². The van der Waals surface area contributed by atoms with Crippen LogP contribution >= 0.6 is 0 Å². The first kappa shape index (κ1) is 10.1. The van der Waals surface area contributed by atoms with E-state index in [1.165, 1.54) is 0 Å². The molecule has 2 heterocycles. The highest BCUT2D eigenvalue weighted by molar-refractivity contribution is 5.37. The Bertz CT molecular complexity index is 463. The van der Waals surface area contributed by atoms with Crippen LogP contribution in [0.5, 0.6) is 0 Å². The SMILES string of the molecule is CC(N)(CO)Cc1cnc2cnccn12. The van der Waals surface area contributed by atoms with Crippen molar-refractivity contribution < 1.29 is 5.11 Å². The largest absolute Gasteiger partial charge is 0.394 e. The summed E-state index contributed by atoms with van der Waals surface area (Å²) in [7, 11) is 0. The average Bonchev–Trinajstić information content (AvgIpc) is 2.62. The molecular weight excluding hydrogens is 192 g/mol. The van der Waals surface area contributed by atoms with E-state index in [2.05, 4.69) is 9.97 Å². The lowest BCUT2D eigenvalue weighted by atomic mass is 9.99. The van der Waals surface area contributed by atoms with Gasteiger partial charge in [0.2, 0.25) is 0 Å². The Labute approximate surface area is 87.6 Å². The molecule has 80 valence electrons. The van der Waals surface area contributed by atoms with Crippen molar-refractivity contribution in [3.63, 3.8) is 0 Å². The molecule has 15 heavy (non-hydrogen) atoms. The Hall–Kier alpha value is -1.46. The number of nitrogens with two attached hydrogens (primary N) is 1. The van der Waals surface area contributed by atoms with E-state index in [0.717, 1.165) is 11.3 Å². The maximum absolute atomic E-state index is 9.10. The molecule has 3 N–H and O–H groups in total. The van der Waals surface area contributed by atoms with Gasteiger partial charge < -0.3 is 15.2 Å². The van der Waals surface area contributed by atoms with E-state index in [9.17, 15) is 0 Å². The first-order valence-electron chi connectivity index (χ1n) is 4.78. The molecule has 0 spiro atoms. The van der Waals surface area contributed by atoms with E-state index >= 15 is 0 Å². The van der Waals surface area contributed by atoms with Crippen molar-refractivity contribution in [3.8, 4) is 0 Å². The summed E-state index contributed by atoms with van der Waals surface area (Å²) in [5.41, 5.74) is 7.05. The first-order chi connectivity index (χ1) is 7.12. The number of rotatable bonds is 3. The minimum absolute atomic E-state index is 0.0503. The predicted molar refractivity (Wildman–Crippen MR) is 56.4 cm³/mol. The number of aromatic nitrogens is 3. The van der Waals surface area contributed by atoms with Crippen LogP contribution in [0.3, 0.4) is 0 Å². The second-order valence-corrected chi connectivity index (χ2v) is 4.04. The topological polar surface area (TPSA) is 76.4 Å². The summed E-state index contributed by atoms with van der Waals surface area (Å²) in [6.45, 7) is 1.76. The van der Waals surface area contributed by atoms with Gasteiger partial charge in [0, 0.05) is 36.2 Å². The van der Waals surface area contributed by atoms with Gasteiger partial charge in [0.15, 0.2) is 5.65 Å². The molecule has 2 aromatic heterocycles. The maximum Gasteiger partial charge on any atom is 0.155 e. The van der Waals surface area contributed by atoms with Crippen molar-refractivity contribution in [2.45, 2.75) is 18.9 Å². The fourth-order valence-electron chi connectivity index (χ4n) is 1.50. The Morgan fingerprint density at radius 1 is 1.53 bits per heavy atom. The van der Waals surface area contributed by atoms with Crippen LogP contribution in [0.2, 0.25) is 0 Å². The second kappa shape index (κ2) is 3.60. The Balaban J connectivity index is 2.37. The Morgan fingerprint density at radius 3 is 3.07 bits per heavy atom. The minimum atomic E-state index is -0.612. The van der Waals surface area contributed by atoms with Gasteiger partial charge in [-0.15, -0.1) is 0 Å². The van der Waals surface area contributed by atoms with Crippen LogP contribution in [-0.4, -0.2) is 31.6 Å². The highest BCUT2D eigenvalue weighted by Crippen LogP contribution is 2.11. The third kappa shape index (κ3) is 1.98. The smallest absolute Gasteiger partial charge is 0.155 e. The third-order valence-electron chi connectivity index (χ3n) is 2.34. The van der Waals surface area contributed by atoms with Crippen molar-refractivity contribution in [1.82, 2.24) is 14.4 Å². The van der Waals surface area contributed by atoms with Crippen LogP contribution in [0, 0.1) is 0 Å². The van der Waals surface area contributed by atoms with Gasteiger partial charge >= 0.3 is 0 Å². The number of hydrogen-bond donors (Lipinski definition) is 2. The third-order valence-corrected chi connectivity index (χ3v) is 2.34. The lowest BCUT2D eigenvalue weighted by molar-refractivity contribution is 0.207. The summed E-state index contributed by atoms with van der Waals surface area (Å²) in [5, 5.41) is 9.10. The van der Waals surface area contributed by atoms with Crippen LogP contribution in [0.1, 0.15) is 12.6 Å². The average molecular weight is 206 g/mol. The zero-order valence-electron chi connectivity index (χ0n) is 8.59. The zero-order chi connectivity index (χ0) is 10.9. The standard InChI is InChI=1S/C10H14N4O/c1-10(11,7-15)4-8-5-13-9-6-12-2-3-14(8)9/h2-3,5-6,15H,4,7,11H2,1H3. The predicted octanol–water partition coefficient (Wildman–Crippen LogP) is -0.0185. The summed E-state index contributed by atoms with van der Waals surface area (Å²) >= 11 is 0. The number of aliphatic hydroxyl groups excluding tert-OH is 1. The van der Waals surface area contributed by atoms with Crippen molar-refractivity contribution in [2.75, 3.05) is 6.61 Å². The van der Waals surface area contributed by atoms with Crippen molar-refractivity contribution >= 4 is 5.65 Å². The fourth-order valence-corrected chi connectivity index (χ4v) is 1.50. The molecule has 0 aliphatic carbocycles. The lowest BCUT2D eigenvalue weighted by Gasteiger charge is -2.20. The van der Waals surface area contributed by atoms with Gasteiger partial charge in [0.05, 0.1) is 12.8 Å². The molecule has 0 amide bonds. The summed E-state index contributed by atoms with van der Waals surface area (Å²) in [5.74, 6) is 0. The van der Waals surface area contributed by atoms with Gasteiger partial charge in [-0.05, 0) is 6.92 Å². The molecule has 0 aliphatic heterocycles. The van der Waals surface area contributed by atoms with E-state index in [1.807, 2.05) is 17.5 Å². The molecule has 0 fully saturated rings. The van der Waals surface area contributed by atoms with Gasteiger partial charge in [-0.3, -0.25) is 4.98 Å². The molecule has 2 aromatic rings. The second-order valence-electron chi connectivity index (χ2n) is 4.04. The van der Waals surface area contributed by atoms with E-state index in [-0.39, 0.29) is 6.61 Å².